The van der Waals surface area contributed by atoms with Gasteiger partial charge in [-0.25, -0.2) is 13.6 Å². The van der Waals surface area contributed by atoms with Crippen molar-refractivity contribution >= 4 is 11.8 Å². The maximum atomic E-state index is 13.1. The van der Waals surface area contributed by atoms with Gasteiger partial charge < -0.3 is 20.1 Å². The van der Waals surface area contributed by atoms with Crippen LogP contribution in [0.1, 0.15) is 45.6 Å². The van der Waals surface area contributed by atoms with E-state index in [1.807, 2.05) is 0 Å². The van der Waals surface area contributed by atoms with Crippen molar-refractivity contribution in [3.63, 3.8) is 0 Å². The van der Waals surface area contributed by atoms with E-state index in [-0.39, 0.29) is 23.1 Å². The highest BCUT2D eigenvalue weighted by molar-refractivity contribution is 5.68. The Morgan fingerprint density at radius 1 is 1.38 bits per heavy atom. The summed E-state index contributed by atoms with van der Waals surface area (Å²) in [7, 11) is 0. The molecular weight excluding hydrogens is 318 g/mol. The number of carbonyl (C=O) groups excluding carboxylic acids is 1. The predicted octanol–water partition coefficient (Wildman–Crippen LogP) is 3.98. The zero-order valence-electron chi connectivity index (χ0n) is 14.2. The van der Waals surface area contributed by atoms with Crippen molar-refractivity contribution in [1.29, 1.82) is 0 Å². The van der Waals surface area contributed by atoms with Crippen LogP contribution < -0.4 is 10.5 Å². The van der Waals surface area contributed by atoms with Gasteiger partial charge in [0.2, 0.25) is 0 Å². The Morgan fingerprint density at radius 3 is 2.71 bits per heavy atom. The number of halogens is 2. The Hall–Kier alpha value is -2.05. The number of amides is 1. The molecule has 0 aliphatic carbocycles. The number of hydrogen-bond donors (Lipinski definition) is 1. The van der Waals surface area contributed by atoms with E-state index in [0.29, 0.717) is 19.5 Å². The van der Waals surface area contributed by atoms with Crippen molar-refractivity contribution in [3.05, 3.63) is 23.8 Å². The van der Waals surface area contributed by atoms with Gasteiger partial charge in [0.1, 0.15) is 17.5 Å². The van der Waals surface area contributed by atoms with E-state index in [0.717, 1.165) is 6.42 Å². The second kappa shape index (κ2) is 7.23. The zero-order chi connectivity index (χ0) is 17.9. The highest BCUT2D eigenvalue weighted by Gasteiger charge is 2.29. The van der Waals surface area contributed by atoms with Crippen LogP contribution in [-0.4, -0.2) is 35.8 Å². The predicted molar refractivity (Wildman–Crippen MR) is 87.3 cm³/mol. The summed E-state index contributed by atoms with van der Waals surface area (Å²) in [5.74, 6) is 0.107. The Morgan fingerprint density at radius 2 is 2.08 bits per heavy atom. The number of anilines is 1. The summed E-state index contributed by atoms with van der Waals surface area (Å²) in [6.07, 6.45) is -2.03. The van der Waals surface area contributed by atoms with E-state index >= 15 is 0 Å². The monoisotopic (exact) mass is 342 g/mol. The van der Waals surface area contributed by atoms with E-state index < -0.39 is 18.1 Å². The highest BCUT2D eigenvalue weighted by Crippen LogP contribution is 2.32. The van der Waals surface area contributed by atoms with Crippen LogP contribution in [0.4, 0.5) is 19.3 Å². The first-order valence-corrected chi connectivity index (χ1v) is 7.98. The summed E-state index contributed by atoms with van der Waals surface area (Å²) in [6, 6.07) is 4.19. The second-order valence-corrected chi connectivity index (χ2v) is 6.91. The number of nitrogen functional groups attached to an aromatic ring is 1. The fourth-order valence-electron chi connectivity index (χ4n) is 2.55. The van der Waals surface area contributed by atoms with E-state index in [4.69, 9.17) is 15.2 Å². The summed E-state index contributed by atoms with van der Waals surface area (Å²) in [6.45, 7) is 6.27. The number of ether oxygens (including phenoxy) is 2. The third-order valence-corrected chi connectivity index (χ3v) is 3.59. The van der Waals surface area contributed by atoms with Gasteiger partial charge in [-0.05, 0) is 51.8 Å². The molecule has 2 N–H and O–H groups in total. The normalized spacial score (nSPS) is 18.6. The highest BCUT2D eigenvalue weighted by atomic mass is 19.3. The molecule has 1 aliphatic rings. The molecular formula is C17H24F2N2O3. The summed E-state index contributed by atoms with van der Waals surface area (Å²) in [4.78, 5) is 13.7. The minimum absolute atomic E-state index is 0.107. The lowest BCUT2D eigenvalue weighted by Gasteiger charge is -2.34. The number of likely N-dealkylation sites (tertiary alicyclic amines) is 1. The van der Waals surface area contributed by atoms with Gasteiger partial charge in [-0.3, -0.25) is 0 Å². The maximum absolute atomic E-state index is 13.1. The van der Waals surface area contributed by atoms with Crippen LogP contribution in [0.2, 0.25) is 0 Å². The molecule has 1 aliphatic heterocycles. The fourth-order valence-corrected chi connectivity index (χ4v) is 2.55. The Bertz CT molecular complexity index is 588. The van der Waals surface area contributed by atoms with Crippen LogP contribution >= 0.6 is 0 Å². The van der Waals surface area contributed by atoms with Crippen LogP contribution in [0.3, 0.4) is 0 Å². The van der Waals surface area contributed by atoms with E-state index in [9.17, 15) is 13.6 Å². The van der Waals surface area contributed by atoms with Gasteiger partial charge in [0.15, 0.2) is 0 Å². The number of nitrogens with zero attached hydrogens (tertiary/aromatic N) is 1. The molecule has 2 rings (SSSR count). The quantitative estimate of drug-likeness (QED) is 0.844. The molecule has 1 fully saturated rings. The molecule has 1 aromatic rings. The Balaban J connectivity index is 2.05. The van der Waals surface area contributed by atoms with Gasteiger partial charge in [-0.2, -0.15) is 0 Å². The number of benzene rings is 1. The molecule has 5 nitrogen and oxygen atoms in total. The van der Waals surface area contributed by atoms with E-state index in [2.05, 4.69) is 0 Å². The van der Waals surface area contributed by atoms with Crippen molar-refractivity contribution in [2.24, 2.45) is 0 Å². The lowest BCUT2D eigenvalue weighted by atomic mass is 10.1. The van der Waals surface area contributed by atoms with Crippen molar-refractivity contribution in [3.8, 4) is 5.75 Å². The summed E-state index contributed by atoms with van der Waals surface area (Å²) >= 11 is 0. The molecule has 0 radical (unpaired) electrons. The van der Waals surface area contributed by atoms with Crippen molar-refractivity contribution < 1.29 is 23.0 Å². The van der Waals surface area contributed by atoms with Gasteiger partial charge in [-0.15, -0.1) is 0 Å². The molecule has 1 unspecified atom stereocenters. The first-order valence-electron chi connectivity index (χ1n) is 7.98. The Kier molecular flexibility index (Phi) is 5.51. The second-order valence-electron chi connectivity index (χ2n) is 6.91. The lowest BCUT2D eigenvalue weighted by molar-refractivity contribution is 0.00717. The summed E-state index contributed by atoms with van der Waals surface area (Å²) < 4.78 is 37.3. The van der Waals surface area contributed by atoms with Crippen LogP contribution in [-0.2, 0) is 4.74 Å². The molecule has 134 valence electrons. The third-order valence-electron chi connectivity index (χ3n) is 3.59. The lowest BCUT2D eigenvalue weighted by Crippen LogP contribution is -2.46. The summed E-state index contributed by atoms with van der Waals surface area (Å²) in [5.41, 5.74) is 5.01. The van der Waals surface area contributed by atoms with Gasteiger partial charge in [0, 0.05) is 12.2 Å². The van der Waals surface area contributed by atoms with Crippen LogP contribution in [0.15, 0.2) is 18.2 Å². The fraction of sp³-hybridized carbons (Fsp3) is 0.588. The molecule has 0 bridgehead atoms. The van der Waals surface area contributed by atoms with E-state index in [1.54, 1.807) is 25.7 Å². The standard InChI is InChI=1S/C17H24F2N2O3/c1-17(2,3)24-16(22)21-8-4-5-12(10-21)23-14-7-6-11(20)9-13(14)15(18)19/h6-7,9,12,15H,4-5,8,10,20H2,1-3H3. The molecule has 0 saturated carbocycles. The first-order chi connectivity index (χ1) is 11.2. The summed E-state index contributed by atoms with van der Waals surface area (Å²) in [5, 5.41) is 0. The average Bonchev–Trinajstić information content (AvgIpc) is 2.47. The number of carbonyl (C=O) groups is 1. The molecule has 1 amide bonds. The van der Waals surface area contributed by atoms with Gasteiger partial charge in [0.05, 0.1) is 12.1 Å². The smallest absolute Gasteiger partial charge is 0.410 e. The largest absolute Gasteiger partial charge is 0.488 e. The van der Waals surface area contributed by atoms with Crippen LogP contribution in [0.25, 0.3) is 0 Å². The van der Waals surface area contributed by atoms with Crippen molar-refractivity contribution in [1.82, 2.24) is 4.90 Å². The van der Waals surface area contributed by atoms with Crippen LogP contribution in [0, 0.1) is 0 Å². The maximum Gasteiger partial charge on any atom is 0.410 e. The number of rotatable bonds is 3. The molecule has 7 heteroatoms. The SMILES string of the molecule is CC(C)(C)OC(=O)N1CCCC(Oc2ccc(N)cc2C(F)F)C1. The molecule has 0 aromatic heterocycles. The van der Waals surface area contributed by atoms with Gasteiger partial charge in [0.25, 0.3) is 6.43 Å². The van der Waals surface area contributed by atoms with Gasteiger partial charge in [-0.1, -0.05) is 0 Å². The molecule has 24 heavy (non-hydrogen) atoms. The van der Waals surface area contributed by atoms with Crippen molar-refractivity contribution in [2.75, 3.05) is 18.8 Å². The third kappa shape index (κ3) is 4.97. The molecule has 1 heterocycles. The number of alkyl halides is 2. The molecule has 1 saturated heterocycles. The first kappa shape index (κ1) is 18.3. The average molecular weight is 342 g/mol. The van der Waals surface area contributed by atoms with Gasteiger partial charge >= 0.3 is 6.09 Å². The zero-order valence-corrected chi connectivity index (χ0v) is 14.2. The molecule has 1 atom stereocenters. The number of hydrogen-bond acceptors (Lipinski definition) is 4. The van der Waals surface area contributed by atoms with E-state index in [1.165, 1.54) is 18.2 Å². The van der Waals surface area contributed by atoms with Crippen LogP contribution in [0.5, 0.6) is 5.75 Å². The minimum Gasteiger partial charge on any atom is -0.488 e. The number of nitrogens with two attached hydrogens (primary N) is 1. The Labute approximate surface area is 140 Å². The minimum atomic E-state index is -2.67. The molecule has 0 spiro atoms. The molecule has 1 aromatic carbocycles. The van der Waals surface area contributed by atoms with Crippen molar-refractivity contribution in [2.45, 2.75) is 51.7 Å². The topological polar surface area (TPSA) is 64.8 Å². The number of piperidine rings is 1.